The molecule has 4 nitrogen and oxygen atoms in total. The summed E-state index contributed by atoms with van der Waals surface area (Å²) in [5.41, 5.74) is 14.6. The fourth-order valence-electron chi connectivity index (χ4n) is 2.28. The number of carbonyl (C=O) groups is 1. The molecule has 4 N–H and O–H groups in total. The number of nitrogens with two attached hydrogens (primary N) is 2. The summed E-state index contributed by atoms with van der Waals surface area (Å²) >= 11 is 0. The lowest BCUT2D eigenvalue weighted by atomic mass is 9.99. The second-order valence-corrected chi connectivity index (χ2v) is 5.35. The number of carbonyl (C=O) groups excluding carboxylic acids is 1. The van der Waals surface area contributed by atoms with Crippen LogP contribution in [-0.4, -0.2) is 18.1 Å². The molecule has 0 fully saturated rings. The van der Waals surface area contributed by atoms with Crippen molar-refractivity contribution in [3.63, 3.8) is 0 Å². The summed E-state index contributed by atoms with van der Waals surface area (Å²) in [4.78, 5) is 11.3. The molecule has 1 aromatic rings. The van der Waals surface area contributed by atoms with Crippen molar-refractivity contribution in [3.8, 4) is 5.75 Å². The Balaban J connectivity index is 2.97. The summed E-state index contributed by atoms with van der Waals surface area (Å²) < 4.78 is 5.77. The number of amides is 1. The van der Waals surface area contributed by atoms with Crippen molar-refractivity contribution < 1.29 is 9.53 Å². The van der Waals surface area contributed by atoms with Crippen molar-refractivity contribution in [1.82, 2.24) is 0 Å². The molecule has 2 atom stereocenters. The van der Waals surface area contributed by atoms with Gasteiger partial charge >= 0.3 is 0 Å². The van der Waals surface area contributed by atoms with Crippen molar-refractivity contribution in [2.24, 2.45) is 11.5 Å². The largest absolute Gasteiger partial charge is 0.480 e. The molecule has 2 unspecified atom stereocenters. The first-order chi connectivity index (χ1) is 9.38. The molecule has 0 aliphatic rings. The van der Waals surface area contributed by atoms with Crippen molar-refractivity contribution in [2.45, 2.75) is 59.1 Å². The number of ether oxygens (including phenoxy) is 1. The maximum atomic E-state index is 11.3. The first-order valence-electron chi connectivity index (χ1n) is 7.20. The first-order valence-corrected chi connectivity index (χ1v) is 7.20. The average Bonchev–Trinajstić information content (AvgIpc) is 2.37. The van der Waals surface area contributed by atoms with E-state index >= 15 is 0 Å². The van der Waals surface area contributed by atoms with E-state index in [0.29, 0.717) is 6.42 Å². The standard InChI is InChI=1S/C16H26N2O2/c1-5-13(17)9-12-7-10(3)15(11(4)8-12)20-14(6-2)16(18)19/h7-8,13-14H,5-6,9,17H2,1-4H3,(H2,18,19). The Labute approximate surface area is 121 Å². The highest BCUT2D eigenvalue weighted by Gasteiger charge is 2.17. The van der Waals surface area contributed by atoms with Crippen LogP contribution in [0.1, 0.15) is 43.4 Å². The van der Waals surface area contributed by atoms with E-state index in [4.69, 9.17) is 16.2 Å². The van der Waals surface area contributed by atoms with Crippen LogP contribution < -0.4 is 16.2 Å². The van der Waals surface area contributed by atoms with E-state index in [-0.39, 0.29) is 6.04 Å². The normalized spacial score (nSPS) is 13.8. The van der Waals surface area contributed by atoms with Gasteiger partial charge in [0.2, 0.25) is 0 Å². The lowest BCUT2D eigenvalue weighted by Crippen LogP contribution is -2.33. The Hall–Kier alpha value is -1.55. The van der Waals surface area contributed by atoms with Gasteiger partial charge in [-0.05, 0) is 49.8 Å². The van der Waals surface area contributed by atoms with Crippen molar-refractivity contribution in [3.05, 3.63) is 28.8 Å². The molecule has 0 radical (unpaired) electrons. The van der Waals surface area contributed by atoms with Gasteiger partial charge < -0.3 is 16.2 Å². The van der Waals surface area contributed by atoms with E-state index in [9.17, 15) is 4.79 Å². The predicted octanol–water partition coefficient (Wildman–Crippen LogP) is 2.23. The van der Waals surface area contributed by atoms with Gasteiger partial charge in [-0.1, -0.05) is 26.0 Å². The van der Waals surface area contributed by atoms with Gasteiger partial charge in [0.05, 0.1) is 0 Å². The van der Waals surface area contributed by atoms with Crippen molar-refractivity contribution in [2.75, 3.05) is 0 Å². The van der Waals surface area contributed by atoms with Gasteiger partial charge in [0.1, 0.15) is 5.75 Å². The van der Waals surface area contributed by atoms with Crippen LogP contribution in [0.25, 0.3) is 0 Å². The molecule has 1 aromatic carbocycles. The van der Waals surface area contributed by atoms with Crippen molar-refractivity contribution in [1.29, 1.82) is 0 Å². The number of benzene rings is 1. The second kappa shape index (κ2) is 7.29. The molecule has 0 saturated carbocycles. The SMILES string of the molecule is CCC(N)Cc1cc(C)c(OC(CC)C(N)=O)c(C)c1. The van der Waals surface area contributed by atoms with Crippen LogP contribution in [0.15, 0.2) is 12.1 Å². The smallest absolute Gasteiger partial charge is 0.258 e. The summed E-state index contributed by atoms with van der Waals surface area (Å²) in [6.45, 7) is 7.93. The van der Waals surface area contributed by atoms with E-state index in [1.165, 1.54) is 5.56 Å². The monoisotopic (exact) mass is 278 g/mol. The zero-order chi connectivity index (χ0) is 15.3. The van der Waals surface area contributed by atoms with E-state index in [1.807, 2.05) is 20.8 Å². The molecule has 0 spiro atoms. The lowest BCUT2D eigenvalue weighted by Gasteiger charge is -2.19. The third-order valence-electron chi connectivity index (χ3n) is 3.49. The molecule has 0 aromatic heterocycles. The molecule has 0 bridgehead atoms. The maximum Gasteiger partial charge on any atom is 0.258 e. The quantitative estimate of drug-likeness (QED) is 0.802. The predicted molar refractivity (Wildman–Crippen MR) is 81.8 cm³/mol. The summed E-state index contributed by atoms with van der Waals surface area (Å²) in [6, 6.07) is 4.33. The molecule has 0 aliphatic heterocycles. The fraction of sp³-hybridized carbons (Fsp3) is 0.562. The molecule has 112 valence electrons. The van der Waals surface area contributed by atoms with E-state index in [1.54, 1.807) is 0 Å². The van der Waals surface area contributed by atoms with Gasteiger partial charge in [-0.25, -0.2) is 0 Å². The van der Waals surface area contributed by atoms with Gasteiger partial charge in [0.25, 0.3) is 5.91 Å². The Kier molecular flexibility index (Phi) is 6.02. The number of hydrogen-bond acceptors (Lipinski definition) is 3. The number of hydrogen-bond donors (Lipinski definition) is 2. The summed E-state index contributed by atoms with van der Waals surface area (Å²) in [5, 5.41) is 0. The summed E-state index contributed by atoms with van der Waals surface area (Å²) in [7, 11) is 0. The number of rotatable bonds is 7. The van der Waals surface area contributed by atoms with Gasteiger partial charge in [0.15, 0.2) is 6.10 Å². The third kappa shape index (κ3) is 4.23. The molecule has 1 amide bonds. The maximum absolute atomic E-state index is 11.3. The Morgan fingerprint density at radius 1 is 1.20 bits per heavy atom. The van der Waals surface area contributed by atoms with Crippen LogP contribution >= 0.6 is 0 Å². The molecule has 0 saturated heterocycles. The highest BCUT2D eigenvalue weighted by molar-refractivity contribution is 5.79. The zero-order valence-corrected chi connectivity index (χ0v) is 12.9. The van der Waals surface area contributed by atoms with Gasteiger partial charge in [-0.3, -0.25) is 4.79 Å². The van der Waals surface area contributed by atoms with E-state index in [0.717, 1.165) is 29.7 Å². The molecule has 20 heavy (non-hydrogen) atoms. The van der Waals surface area contributed by atoms with Crippen LogP contribution in [-0.2, 0) is 11.2 Å². The Bertz CT molecular complexity index is 449. The van der Waals surface area contributed by atoms with E-state index < -0.39 is 12.0 Å². The minimum atomic E-state index is -0.573. The molecular weight excluding hydrogens is 252 g/mol. The molecule has 1 rings (SSSR count). The van der Waals surface area contributed by atoms with Crippen LogP contribution in [0.5, 0.6) is 5.75 Å². The minimum Gasteiger partial charge on any atom is -0.480 e. The first kappa shape index (κ1) is 16.5. The zero-order valence-electron chi connectivity index (χ0n) is 12.9. The number of primary amides is 1. The topological polar surface area (TPSA) is 78.3 Å². The average molecular weight is 278 g/mol. The molecule has 0 heterocycles. The lowest BCUT2D eigenvalue weighted by molar-refractivity contribution is -0.124. The molecule has 0 aliphatic carbocycles. The van der Waals surface area contributed by atoms with Gasteiger partial charge in [0, 0.05) is 6.04 Å². The highest BCUT2D eigenvalue weighted by Crippen LogP contribution is 2.27. The fourth-order valence-corrected chi connectivity index (χ4v) is 2.28. The Morgan fingerprint density at radius 2 is 1.75 bits per heavy atom. The summed E-state index contributed by atoms with van der Waals surface area (Å²) in [6.07, 6.45) is 1.80. The summed E-state index contributed by atoms with van der Waals surface area (Å²) in [5.74, 6) is 0.327. The van der Waals surface area contributed by atoms with Gasteiger partial charge in [-0.15, -0.1) is 0 Å². The van der Waals surface area contributed by atoms with Crippen molar-refractivity contribution >= 4 is 5.91 Å². The molecular formula is C16H26N2O2. The van der Waals surface area contributed by atoms with Crippen LogP contribution in [0, 0.1) is 13.8 Å². The molecule has 4 heteroatoms. The third-order valence-corrected chi connectivity index (χ3v) is 3.49. The van der Waals surface area contributed by atoms with E-state index in [2.05, 4.69) is 19.1 Å². The number of aryl methyl sites for hydroxylation is 2. The minimum absolute atomic E-state index is 0.176. The van der Waals surface area contributed by atoms with Crippen LogP contribution in [0.2, 0.25) is 0 Å². The van der Waals surface area contributed by atoms with Crippen LogP contribution in [0.3, 0.4) is 0 Å². The van der Waals surface area contributed by atoms with Gasteiger partial charge in [-0.2, -0.15) is 0 Å². The highest BCUT2D eigenvalue weighted by atomic mass is 16.5. The Morgan fingerprint density at radius 3 is 2.15 bits per heavy atom. The second-order valence-electron chi connectivity index (χ2n) is 5.35. The van der Waals surface area contributed by atoms with Crippen LogP contribution in [0.4, 0.5) is 0 Å².